The summed E-state index contributed by atoms with van der Waals surface area (Å²) in [5.41, 5.74) is 0. The molecule has 17 heavy (non-hydrogen) atoms. The van der Waals surface area contributed by atoms with Gasteiger partial charge >= 0.3 is 5.97 Å². The molecule has 2 bridgehead atoms. The molecule has 0 spiro atoms. The summed E-state index contributed by atoms with van der Waals surface area (Å²) in [7, 11) is 0. The van der Waals surface area contributed by atoms with Gasteiger partial charge in [0.25, 0.3) is 0 Å². The third-order valence-corrected chi connectivity index (χ3v) is 4.38. The van der Waals surface area contributed by atoms with Gasteiger partial charge in [-0.15, -0.1) is 0 Å². The van der Waals surface area contributed by atoms with Gasteiger partial charge < -0.3 is 10.2 Å². The molecule has 2 rings (SSSR count). The zero-order valence-corrected chi connectivity index (χ0v) is 10.2. The number of carboxylic acids is 1. The summed E-state index contributed by atoms with van der Waals surface area (Å²) in [6.45, 7) is 0. The van der Waals surface area contributed by atoms with Crippen molar-refractivity contribution in [1.82, 2.24) is 0 Å². The van der Waals surface area contributed by atoms with Gasteiger partial charge in [0.1, 0.15) is 0 Å². The minimum absolute atomic E-state index is 0.0857. The molecular formula is C14H22O3. The Kier molecular flexibility index (Phi) is 4.21. The summed E-state index contributed by atoms with van der Waals surface area (Å²) in [5.74, 6) is 1.04. The Morgan fingerprint density at radius 1 is 1.24 bits per heavy atom. The van der Waals surface area contributed by atoms with E-state index in [2.05, 4.69) is 12.2 Å². The van der Waals surface area contributed by atoms with Crippen LogP contribution in [0.3, 0.4) is 0 Å². The van der Waals surface area contributed by atoms with Gasteiger partial charge in [0.2, 0.25) is 0 Å². The van der Waals surface area contributed by atoms with Crippen molar-refractivity contribution in [2.75, 3.05) is 0 Å². The summed E-state index contributed by atoms with van der Waals surface area (Å²) in [6, 6.07) is 0. The maximum atomic E-state index is 10.3. The zero-order valence-electron chi connectivity index (χ0n) is 10.2. The van der Waals surface area contributed by atoms with Gasteiger partial charge in [-0.25, -0.2) is 0 Å². The highest BCUT2D eigenvalue weighted by Gasteiger charge is 2.45. The average Bonchev–Trinajstić information content (AvgIpc) is 2.85. The lowest BCUT2D eigenvalue weighted by Crippen LogP contribution is -2.26. The normalized spacial score (nSPS) is 35.8. The van der Waals surface area contributed by atoms with E-state index in [0.717, 1.165) is 18.8 Å². The number of unbranched alkanes of at least 4 members (excludes halogenated alkanes) is 1. The highest BCUT2D eigenvalue weighted by atomic mass is 16.4. The number of fused-ring (bicyclic) bond motifs is 2. The lowest BCUT2D eigenvalue weighted by Gasteiger charge is -2.25. The van der Waals surface area contributed by atoms with Crippen LogP contribution in [0.1, 0.15) is 44.9 Å². The van der Waals surface area contributed by atoms with Crippen LogP contribution in [0.4, 0.5) is 0 Å². The van der Waals surface area contributed by atoms with E-state index in [4.69, 9.17) is 5.11 Å². The summed E-state index contributed by atoms with van der Waals surface area (Å²) in [5, 5.41) is 18.5. The third-order valence-electron chi connectivity index (χ3n) is 4.38. The molecule has 2 N–H and O–H groups in total. The van der Waals surface area contributed by atoms with Crippen LogP contribution < -0.4 is 0 Å². The van der Waals surface area contributed by atoms with Gasteiger partial charge in [0.15, 0.2) is 0 Å². The zero-order chi connectivity index (χ0) is 12.3. The topological polar surface area (TPSA) is 57.5 Å². The molecule has 0 amide bonds. The number of carboxylic acid groups (broad SMARTS) is 1. The van der Waals surface area contributed by atoms with Crippen molar-refractivity contribution < 1.29 is 15.0 Å². The van der Waals surface area contributed by atoms with E-state index in [-0.39, 0.29) is 12.5 Å². The second kappa shape index (κ2) is 5.67. The Morgan fingerprint density at radius 3 is 2.65 bits per heavy atom. The van der Waals surface area contributed by atoms with Crippen molar-refractivity contribution in [3.63, 3.8) is 0 Å². The van der Waals surface area contributed by atoms with E-state index in [0.29, 0.717) is 18.3 Å². The van der Waals surface area contributed by atoms with Crippen LogP contribution in [-0.4, -0.2) is 22.3 Å². The van der Waals surface area contributed by atoms with Crippen molar-refractivity contribution in [3.05, 3.63) is 12.2 Å². The summed E-state index contributed by atoms with van der Waals surface area (Å²) in [4.78, 5) is 10.3. The molecule has 0 saturated heterocycles. The smallest absolute Gasteiger partial charge is 0.303 e. The standard InChI is InChI=1S/C14H22O3/c15-13(16)6-4-2-1-3-5-12-10-7-8-11(9-10)14(12)17/h1,3,10-12,14,17H,2,4-9H2,(H,15,16)/t10-,11+,12-,14-/m0/s1. The molecule has 0 aromatic heterocycles. The monoisotopic (exact) mass is 238 g/mol. The molecule has 0 aliphatic heterocycles. The van der Waals surface area contributed by atoms with Gasteiger partial charge in [-0.1, -0.05) is 12.2 Å². The number of aliphatic hydroxyl groups excluding tert-OH is 1. The molecule has 96 valence electrons. The molecule has 0 radical (unpaired) electrons. The summed E-state index contributed by atoms with van der Waals surface area (Å²) >= 11 is 0. The molecule has 0 aromatic carbocycles. The molecular weight excluding hydrogens is 216 g/mol. The van der Waals surface area contributed by atoms with Gasteiger partial charge in [-0.2, -0.15) is 0 Å². The first kappa shape index (κ1) is 12.6. The minimum Gasteiger partial charge on any atom is -0.481 e. The summed E-state index contributed by atoms with van der Waals surface area (Å²) < 4.78 is 0. The van der Waals surface area contributed by atoms with Crippen LogP contribution in [0.25, 0.3) is 0 Å². The largest absolute Gasteiger partial charge is 0.481 e. The second-order valence-electron chi connectivity index (χ2n) is 5.48. The number of aliphatic hydroxyl groups is 1. The highest BCUT2D eigenvalue weighted by Crippen LogP contribution is 2.49. The van der Waals surface area contributed by atoms with E-state index in [1.165, 1.54) is 19.3 Å². The van der Waals surface area contributed by atoms with E-state index < -0.39 is 5.97 Å². The number of rotatable bonds is 6. The maximum absolute atomic E-state index is 10.3. The lowest BCUT2D eigenvalue weighted by molar-refractivity contribution is -0.137. The molecule has 2 aliphatic rings. The van der Waals surface area contributed by atoms with Crippen molar-refractivity contribution >= 4 is 5.97 Å². The predicted octanol–water partition coefficient (Wildman–Crippen LogP) is 2.59. The average molecular weight is 238 g/mol. The fourth-order valence-electron chi connectivity index (χ4n) is 3.45. The number of carbonyl (C=O) groups is 1. The number of hydrogen-bond donors (Lipinski definition) is 2. The van der Waals surface area contributed by atoms with E-state index >= 15 is 0 Å². The molecule has 0 heterocycles. The molecule has 3 heteroatoms. The summed E-state index contributed by atoms with van der Waals surface area (Å²) in [6.07, 6.45) is 10.6. The Balaban J connectivity index is 1.65. The Hall–Kier alpha value is -0.830. The van der Waals surface area contributed by atoms with Gasteiger partial charge in [-0.3, -0.25) is 4.79 Å². The number of allylic oxidation sites excluding steroid dienone is 2. The van der Waals surface area contributed by atoms with E-state index in [1.54, 1.807) is 0 Å². The molecule has 3 nitrogen and oxygen atoms in total. The van der Waals surface area contributed by atoms with Crippen LogP contribution >= 0.6 is 0 Å². The quantitative estimate of drug-likeness (QED) is 0.552. The van der Waals surface area contributed by atoms with Crippen LogP contribution in [0.5, 0.6) is 0 Å². The van der Waals surface area contributed by atoms with Crippen molar-refractivity contribution in [1.29, 1.82) is 0 Å². The molecule has 4 atom stereocenters. The van der Waals surface area contributed by atoms with Crippen LogP contribution in [0.2, 0.25) is 0 Å². The van der Waals surface area contributed by atoms with Gasteiger partial charge in [0.05, 0.1) is 6.10 Å². The SMILES string of the molecule is O=C(O)CCCC=CC[C@H]1[C@H]2CC[C@H](C2)[C@@H]1O. The molecule has 2 aliphatic carbocycles. The Labute approximate surface area is 103 Å². The van der Waals surface area contributed by atoms with E-state index in [9.17, 15) is 9.90 Å². The molecule has 0 unspecified atom stereocenters. The van der Waals surface area contributed by atoms with Gasteiger partial charge in [0, 0.05) is 6.42 Å². The van der Waals surface area contributed by atoms with E-state index in [1.807, 2.05) is 0 Å². The van der Waals surface area contributed by atoms with Crippen LogP contribution in [-0.2, 0) is 4.79 Å². The predicted molar refractivity (Wildman–Crippen MR) is 65.6 cm³/mol. The number of hydrogen-bond acceptors (Lipinski definition) is 2. The first-order chi connectivity index (χ1) is 8.18. The Morgan fingerprint density at radius 2 is 2.00 bits per heavy atom. The fraction of sp³-hybridized carbons (Fsp3) is 0.786. The Bertz CT molecular complexity index is 296. The molecule has 0 aromatic rings. The van der Waals surface area contributed by atoms with Gasteiger partial charge in [-0.05, 0) is 56.3 Å². The second-order valence-corrected chi connectivity index (χ2v) is 5.48. The lowest BCUT2D eigenvalue weighted by atomic mass is 9.84. The first-order valence-electron chi connectivity index (χ1n) is 6.73. The first-order valence-corrected chi connectivity index (χ1v) is 6.73. The van der Waals surface area contributed by atoms with Crippen molar-refractivity contribution in [3.8, 4) is 0 Å². The highest BCUT2D eigenvalue weighted by molar-refractivity contribution is 5.66. The van der Waals surface area contributed by atoms with Crippen LogP contribution in [0.15, 0.2) is 12.2 Å². The molecule has 2 saturated carbocycles. The third kappa shape index (κ3) is 3.09. The van der Waals surface area contributed by atoms with Crippen LogP contribution in [0, 0.1) is 17.8 Å². The van der Waals surface area contributed by atoms with Crippen molar-refractivity contribution in [2.24, 2.45) is 17.8 Å². The minimum atomic E-state index is -0.720. The van der Waals surface area contributed by atoms with Crippen molar-refractivity contribution in [2.45, 2.75) is 51.0 Å². The fourth-order valence-corrected chi connectivity index (χ4v) is 3.45. The molecule has 2 fully saturated rings. The number of aliphatic carboxylic acids is 1. The maximum Gasteiger partial charge on any atom is 0.303 e.